The topological polar surface area (TPSA) is 26.8 Å². The summed E-state index contributed by atoms with van der Waals surface area (Å²) in [5.74, 6) is 0.514. The smallest absolute Gasteiger partial charge is 0.369 e. The number of thioether (sulfide) groups is 1. The molecule has 2 aromatic carbocycles. The molecule has 2 heterocycles. The van der Waals surface area contributed by atoms with E-state index in [4.69, 9.17) is 0 Å². The van der Waals surface area contributed by atoms with Crippen LogP contribution in [0.15, 0.2) is 53.4 Å². The number of hydrogen-bond donors (Lipinski definition) is 0. The fraction of sp³-hybridized carbons (Fsp3) is 0.536. The summed E-state index contributed by atoms with van der Waals surface area (Å²) in [6.07, 6.45) is 2.80. The minimum atomic E-state index is -4.27. The van der Waals surface area contributed by atoms with Gasteiger partial charge in [-0.25, -0.2) is 0 Å². The third-order valence-corrected chi connectivity index (χ3v) is 7.98. The van der Waals surface area contributed by atoms with Crippen LogP contribution in [0.4, 0.5) is 18.9 Å². The van der Waals surface area contributed by atoms with Gasteiger partial charge in [-0.15, -0.1) is 0 Å². The molecule has 8 heteroatoms. The molecule has 2 aliphatic rings. The first-order chi connectivity index (χ1) is 17.2. The zero-order valence-corrected chi connectivity index (χ0v) is 22.0. The van der Waals surface area contributed by atoms with E-state index in [0.29, 0.717) is 5.92 Å². The lowest BCUT2D eigenvalue weighted by molar-refractivity contribution is -0.137. The summed E-state index contributed by atoms with van der Waals surface area (Å²) in [7, 11) is 0. The zero-order chi connectivity index (χ0) is 25.7. The number of carbonyl (C=O) groups excluding carboxylic acids is 1. The van der Waals surface area contributed by atoms with Crippen LogP contribution in [0.2, 0.25) is 0 Å². The van der Waals surface area contributed by atoms with E-state index in [1.807, 2.05) is 11.8 Å². The van der Waals surface area contributed by atoms with Crippen LogP contribution in [-0.4, -0.2) is 67.0 Å². The average Bonchev–Trinajstić information content (AvgIpc) is 2.85. The summed E-state index contributed by atoms with van der Waals surface area (Å²) < 4.78 is 37.7. The van der Waals surface area contributed by atoms with Crippen LogP contribution in [0, 0.1) is 18.8 Å². The third kappa shape index (κ3) is 7.65. The summed E-state index contributed by atoms with van der Waals surface area (Å²) in [6, 6.07) is 15.3. The molecule has 0 aliphatic carbocycles. The molecule has 1 amide bonds. The standard InChI is InChI=1S/C28H36F3N3OS/c1-21-5-9-25(10-6-21)33-16-14-32(15-17-33)19-22(2)27(35)34-13-3-4-24(20-34)18-23-7-11-26(12-8-23)36-28(29,30)31/h5-12,22,24H,3-4,13-20H2,1-2H3/t22?,24-/m1/s1. The molecule has 2 aliphatic heterocycles. The van der Waals surface area contributed by atoms with E-state index >= 15 is 0 Å². The van der Waals surface area contributed by atoms with E-state index in [0.717, 1.165) is 70.6 Å². The molecule has 2 fully saturated rings. The van der Waals surface area contributed by atoms with Gasteiger partial charge in [0.2, 0.25) is 5.91 Å². The number of amides is 1. The number of aryl methyl sites for hydroxylation is 1. The van der Waals surface area contributed by atoms with E-state index in [1.165, 1.54) is 11.3 Å². The van der Waals surface area contributed by atoms with Gasteiger partial charge in [0.15, 0.2) is 0 Å². The van der Waals surface area contributed by atoms with E-state index in [9.17, 15) is 18.0 Å². The Balaban J connectivity index is 1.23. The van der Waals surface area contributed by atoms with Crippen molar-refractivity contribution in [1.82, 2.24) is 9.80 Å². The molecule has 0 bridgehead atoms. The molecule has 0 saturated carbocycles. The first-order valence-corrected chi connectivity index (χ1v) is 13.7. The predicted molar refractivity (Wildman–Crippen MR) is 140 cm³/mol. The molecule has 36 heavy (non-hydrogen) atoms. The summed E-state index contributed by atoms with van der Waals surface area (Å²) in [4.78, 5) is 20.3. The van der Waals surface area contributed by atoms with Crippen LogP contribution in [-0.2, 0) is 11.2 Å². The molecule has 0 radical (unpaired) electrons. The van der Waals surface area contributed by atoms with Crippen molar-refractivity contribution in [3.05, 3.63) is 59.7 Å². The first-order valence-electron chi connectivity index (χ1n) is 12.8. The molecular formula is C28H36F3N3OS. The number of piperidine rings is 1. The maximum Gasteiger partial charge on any atom is 0.446 e. The monoisotopic (exact) mass is 519 g/mol. The van der Waals surface area contributed by atoms with Gasteiger partial charge in [0.1, 0.15) is 0 Å². The van der Waals surface area contributed by atoms with E-state index in [-0.39, 0.29) is 28.5 Å². The summed E-state index contributed by atoms with van der Waals surface area (Å²) >= 11 is -0.0830. The molecule has 4 rings (SSSR count). The maximum atomic E-state index is 13.2. The Morgan fingerprint density at radius 2 is 1.67 bits per heavy atom. The van der Waals surface area contributed by atoms with Gasteiger partial charge < -0.3 is 9.80 Å². The highest BCUT2D eigenvalue weighted by Gasteiger charge is 2.30. The maximum absolute atomic E-state index is 13.2. The Bertz CT molecular complexity index is 989. The molecule has 2 saturated heterocycles. The van der Waals surface area contributed by atoms with Gasteiger partial charge >= 0.3 is 5.51 Å². The van der Waals surface area contributed by atoms with Gasteiger partial charge in [0.05, 0.1) is 0 Å². The number of nitrogens with zero attached hydrogens (tertiary/aromatic N) is 3. The highest BCUT2D eigenvalue weighted by atomic mass is 32.2. The van der Waals surface area contributed by atoms with Crippen molar-refractivity contribution in [1.29, 1.82) is 0 Å². The number of hydrogen-bond acceptors (Lipinski definition) is 4. The second-order valence-corrected chi connectivity index (χ2v) is 11.4. The van der Waals surface area contributed by atoms with Crippen LogP contribution in [0.3, 0.4) is 0 Å². The number of rotatable bonds is 7. The van der Waals surface area contributed by atoms with Crippen LogP contribution >= 0.6 is 11.8 Å². The number of likely N-dealkylation sites (tertiary alicyclic amines) is 1. The van der Waals surface area contributed by atoms with E-state index in [2.05, 4.69) is 41.0 Å². The summed E-state index contributed by atoms with van der Waals surface area (Å²) in [6.45, 7) is 10.3. The van der Waals surface area contributed by atoms with Gasteiger partial charge in [0.25, 0.3) is 0 Å². The van der Waals surface area contributed by atoms with Gasteiger partial charge in [-0.3, -0.25) is 9.69 Å². The van der Waals surface area contributed by atoms with Crippen molar-refractivity contribution in [3.8, 4) is 0 Å². The van der Waals surface area contributed by atoms with Crippen LogP contribution < -0.4 is 4.90 Å². The van der Waals surface area contributed by atoms with Gasteiger partial charge in [-0.2, -0.15) is 13.2 Å². The fourth-order valence-electron chi connectivity index (χ4n) is 5.31. The summed E-state index contributed by atoms with van der Waals surface area (Å²) in [5, 5.41) is 0. The molecule has 1 unspecified atom stereocenters. The van der Waals surface area contributed by atoms with Crippen molar-refractivity contribution < 1.29 is 18.0 Å². The lowest BCUT2D eigenvalue weighted by Gasteiger charge is -2.38. The highest BCUT2D eigenvalue weighted by molar-refractivity contribution is 8.00. The zero-order valence-electron chi connectivity index (χ0n) is 21.1. The molecule has 196 valence electrons. The number of benzene rings is 2. The summed E-state index contributed by atoms with van der Waals surface area (Å²) in [5.41, 5.74) is -0.711. The SMILES string of the molecule is Cc1ccc(N2CCN(CC(C)C(=O)N3CCC[C@H](Cc4ccc(SC(F)(F)F)cc4)C3)CC2)cc1. The lowest BCUT2D eigenvalue weighted by atomic mass is 9.90. The quantitative estimate of drug-likeness (QED) is 0.429. The Morgan fingerprint density at radius 1 is 1.00 bits per heavy atom. The molecule has 4 nitrogen and oxygen atoms in total. The van der Waals surface area contributed by atoms with Gasteiger partial charge in [0, 0.05) is 62.3 Å². The minimum absolute atomic E-state index is 0.0478. The van der Waals surface area contributed by atoms with Crippen molar-refractivity contribution in [2.45, 2.75) is 43.5 Å². The molecule has 0 spiro atoms. The molecule has 0 aromatic heterocycles. The normalized spacial score (nSPS) is 20.4. The predicted octanol–water partition coefficient (Wildman–Crippen LogP) is 5.85. The Morgan fingerprint density at radius 3 is 2.31 bits per heavy atom. The molecule has 2 atom stereocenters. The van der Waals surface area contributed by atoms with Crippen molar-refractivity contribution >= 4 is 23.4 Å². The third-order valence-electron chi connectivity index (χ3n) is 7.24. The van der Waals surface area contributed by atoms with Crippen LogP contribution in [0.1, 0.15) is 30.9 Å². The van der Waals surface area contributed by atoms with E-state index < -0.39 is 5.51 Å². The number of piperazine rings is 1. The number of halogens is 3. The number of anilines is 1. The second kappa shape index (κ2) is 11.9. The first kappa shape index (κ1) is 26.9. The Kier molecular flexibility index (Phi) is 8.88. The fourth-order valence-corrected chi connectivity index (χ4v) is 5.85. The van der Waals surface area contributed by atoms with Crippen LogP contribution in [0.25, 0.3) is 0 Å². The van der Waals surface area contributed by atoms with Gasteiger partial charge in [-0.1, -0.05) is 36.8 Å². The number of alkyl halides is 3. The molecule has 2 aromatic rings. The van der Waals surface area contributed by atoms with Crippen molar-refractivity contribution in [2.24, 2.45) is 11.8 Å². The highest BCUT2D eigenvalue weighted by Crippen LogP contribution is 2.37. The molecular weight excluding hydrogens is 483 g/mol. The van der Waals surface area contributed by atoms with Crippen molar-refractivity contribution in [3.63, 3.8) is 0 Å². The Hall–Kier alpha value is -2.19. The number of carbonyl (C=O) groups is 1. The average molecular weight is 520 g/mol. The van der Waals surface area contributed by atoms with Crippen molar-refractivity contribution in [2.75, 3.05) is 50.7 Å². The largest absolute Gasteiger partial charge is 0.446 e. The van der Waals surface area contributed by atoms with Crippen LogP contribution in [0.5, 0.6) is 0 Å². The van der Waals surface area contributed by atoms with Gasteiger partial charge in [-0.05, 0) is 73.7 Å². The molecule has 0 N–H and O–H groups in total. The Labute approximate surface area is 216 Å². The lowest BCUT2D eigenvalue weighted by Crippen LogP contribution is -2.50. The van der Waals surface area contributed by atoms with E-state index in [1.54, 1.807) is 24.3 Å². The minimum Gasteiger partial charge on any atom is -0.369 e. The second-order valence-electron chi connectivity index (χ2n) is 10.2.